The maximum absolute atomic E-state index is 13.8. The Morgan fingerprint density at radius 1 is 1.03 bits per heavy atom. The molecule has 3 rings (SSSR count). The molecule has 0 radical (unpaired) electrons. The number of alkyl halides is 3. The largest absolute Gasteiger partial charge is 0.474 e. The average molecular weight is 436 g/mol. The van der Waals surface area contributed by atoms with Crippen LogP contribution in [-0.4, -0.2) is 25.5 Å². The monoisotopic (exact) mass is 436 g/mol. The van der Waals surface area contributed by atoms with Crippen molar-refractivity contribution in [3.63, 3.8) is 0 Å². The molecule has 1 saturated carbocycles. The quantitative estimate of drug-likeness (QED) is 0.719. The number of nitrogens with one attached hydrogen (secondary N) is 1. The predicted molar refractivity (Wildman–Crippen MR) is 92.6 cm³/mol. The fourth-order valence-electron chi connectivity index (χ4n) is 3.06. The molecule has 1 aromatic carbocycles. The summed E-state index contributed by atoms with van der Waals surface area (Å²) in [4.78, 5) is 3.01. The summed E-state index contributed by atoms with van der Waals surface area (Å²) in [7, 11) is -4.15. The van der Waals surface area contributed by atoms with Crippen LogP contribution in [0.25, 0.3) is 0 Å². The molecule has 0 bridgehead atoms. The number of halogens is 5. The first-order valence-corrected chi connectivity index (χ1v) is 10.2. The Bertz CT molecular complexity index is 956. The summed E-state index contributed by atoms with van der Waals surface area (Å²) < 4.78 is 96.9. The second-order valence-electron chi connectivity index (χ2n) is 6.67. The topological polar surface area (TPSA) is 68.3 Å². The Morgan fingerprint density at radius 3 is 2.28 bits per heavy atom. The first kappa shape index (κ1) is 21.4. The van der Waals surface area contributed by atoms with Crippen LogP contribution < -0.4 is 9.46 Å². The van der Waals surface area contributed by atoms with Crippen LogP contribution in [0.1, 0.15) is 31.2 Å². The molecule has 0 aliphatic heterocycles. The van der Waals surface area contributed by atoms with Gasteiger partial charge in [0, 0.05) is 24.4 Å². The SMILES string of the molecule is O=S(=O)(NC1CCC(Oc2ccc(C(F)(F)F)cn2)CC1)c1ccc(F)cc1F. The van der Waals surface area contributed by atoms with Gasteiger partial charge >= 0.3 is 6.18 Å². The lowest BCUT2D eigenvalue weighted by Crippen LogP contribution is -2.40. The van der Waals surface area contributed by atoms with Gasteiger partial charge in [-0.1, -0.05) is 0 Å². The number of hydrogen-bond acceptors (Lipinski definition) is 4. The van der Waals surface area contributed by atoms with Gasteiger partial charge in [0.25, 0.3) is 0 Å². The highest BCUT2D eigenvalue weighted by Crippen LogP contribution is 2.30. The van der Waals surface area contributed by atoms with Gasteiger partial charge in [-0.3, -0.25) is 0 Å². The van der Waals surface area contributed by atoms with Crippen molar-refractivity contribution in [2.75, 3.05) is 0 Å². The average Bonchev–Trinajstić information content (AvgIpc) is 2.62. The number of pyridine rings is 1. The summed E-state index contributed by atoms with van der Waals surface area (Å²) >= 11 is 0. The summed E-state index contributed by atoms with van der Waals surface area (Å²) in [6.45, 7) is 0. The van der Waals surface area contributed by atoms with Crippen LogP contribution in [0.2, 0.25) is 0 Å². The minimum atomic E-state index is -4.48. The Hall–Kier alpha value is -2.27. The number of sulfonamides is 1. The van der Waals surface area contributed by atoms with Gasteiger partial charge in [0.2, 0.25) is 15.9 Å². The fourth-order valence-corrected chi connectivity index (χ4v) is 4.43. The van der Waals surface area contributed by atoms with Crippen molar-refractivity contribution in [2.45, 2.75) is 48.9 Å². The zero-order chi connectivity index (χ0) is 21.2. The highest BCUT2D eigenvalue weighted by atomic mass is 32.2. The van der Waals surface area contributed by atoms with Crippen molar-refractivity contribution in [2.24, 2.45) is 0 Å². The smallest absolute Gasteiger partial charge is 0.417 e. The van der Waals surface area contributed by atoms with E-state index in [1.165, 1.54) is 0 Å². The fraction of sp³-hybridized carbons (Fsp3) is 0.389. The van der Waals surface area contributed by atoms with Crippen LogP contribution in [0.15, 0.2) is 41.4 Å². The number of ether oxygens (including phenoxy) is 1. The third kappa shape index (κ3) is 5.41. The second-order valence-corrected chi connectivity index (χ2v) is 8.35. The van der Waals surface area contributed by atoms with Gasteiger partial charge in [0.15, 0.2) is 0 Å². The molecular weight excluding hydrogens is 419 g/mol. The van der Waals surface area contributed by atoms with Crippen LogP contribution >= 0.6 is 0 Å². The number of hydrogen-bond donors (Lipinski definition) is 1. The molecule has 0 saturated heterocycles. The molecule has 158 valence electrons. The van der Waals surface area contributed by atoms with Gasteiger partial charge in [-0.2, -0.15) is 13.2 Å². The highest BCUT2D eigenvalue weighted by Gasteiger charge is 2.31. The normalized spacial score (nSPS) is 20.4. The van der Waals surface area contributed by atoms with Gasteiger partial charge in [-0.05, 0) is 43.9 Å². The lowest BCUT2D eigenvalue weighted by Gasteiger charge is -2.29. The molecule has 0 atom stereocenters. The Labute approximate surface area is 164 Å². The van der Waals surface area contributed by atoms with Crippen molar-refractivity contribution in [1.82, 2.24) is 9.71 Å². The Morgan fingerprint density at radius 2 is 1.72 bits per heavy atom. The molecule has 1 N–H and O–H groups in total. The first-order valence-electron chi connectivity index (χ1n) is 8.72. The number of nitrogens with zero attached hydrogens (tertiary/aromatic N) is 1. The second kappa shape index (κ2) is 8.23. The maximum atomic E-state index is 13.8. The van der Waals surface area contributed by atoms with E-state index >= 15 is 0 Å². The van der Waals surface area contributed by atoms with E-state index in [-0.39, 0.29) is 12.0 Å². The molecule has 0 amide bonds. The van der Waals surface area contributed by atoms with E-state index < -0.39 is 44.3 Å². The van der Waals surface area contributed by atoms with Crippen molar-refractivity contribution < 1.29 is 35.1 Å². The molecule has 29 heavy (non-hydrogen) atoms. The lowest BCUT2D eigenvalue weighted by atomic mass is 9.94. The van der Waals surface area contributed by atoms with Crippen LogP contribution in [0.4, 0.5) is 22.0 Å². The summed E-state index contributed by atoms with van der Waals surface area (Å²) in [5.41, 5.74) is -0.879. The highest BCUT2D eigenvalue weighted by molar-refractivity contribution is 7.89. The molecule has 1 heterocycles. The number of rotatable bonds is 5. The van der Waals surface area contributed by atoms with Crippen LogP contribution in [0, 0.1) is 11.6 Å². The van der Waals surface area contributed by atoms with E-state index in [9.17, 15) is 30.4 Å². The molecule has 0 unspecified atom stereocenters. The third-order valence-corrected chi connectivity index (χ3v) is 6.08. The Balaban J connectivity index is 1.55. The van der Waals surface area contributed by atoms with Crippen molar-refractivity contribution in [1.29, 1.82) is 0 Å². The molecular formula is C18H17F5N2O3S. The minimum absolute atomic E-state index is 0.0513. The van der Waals surface area contributed by atoms with Crippen LogP contribution in [-0.2, 0) is 16.2 Å². The van der Waals surface area contributed by atoms with E-state index in [0.29, 0.717) is 37.9 Å². The molecule has 0 spiro atoms. The summed E-state index contributed by atoms with van der Waals surface area (Å²) in [5.74, 6) is -2.01. The lowest BCUT2D eigenvalue weighted by molar-refractivity contribution is -0.137. The van der Waals surface area contributed by atoms with Crippen molar-refractivity contribution >= 4 is 10.0 Å². The predicted octanol–water partition coefficient (Wildman–Crippen LogP) is 4.05. The van der Waals surface area contributed by atoms with Crippen LogP contribution in [0.3, 0.4) is 0 Å². The van der Waals surface area contributed by atoms with Gasteiger partial charge in [0.1, 0.15) is 22.6 Å². The molecule has 1 aliphatic rings. The van der Waals surface area contributed by atoms with Crippen molar-refractivity contribution in [3.8, 4) is 5.88 Å². The van der Waals surface area contributed by atoms with E-state index in [1.807, 2.05) is 0 Å². The summed E-state index contributed by atoms with van der Waals surface area (Å²) in [6.07, 6.45) is -2.50. The molecule has 1 fully saturated rings. The van der Waals surface area contributed by atoms with E-state index in [2.05, 4.69) is 9.71 Å². The van der Waals surface area contributed by atoms with E-state index in [1.54, 1.807) is 0 Å². The van der Waals surface area contributed by atoms with Crippen molar-refractivity contribution in [3.05, 3.63) is 53.7 Å². The first-order chi connectivity index (χ1) is 13.5. The molecule has 11 heteroatoms. The minimum Gasteiger partial charge on any atom is -0.474 e. The summed E-state index contributed by atoms with van der Waals surface area (Å²) in [6, 6.07) is 3.76. The van der Waals surface area contributed by atoms with Gasteiger partial charge < -0.3 is 4.74 Å². The van der Waals surface area contributed by atoms with Crippen LogP contribution in [0.5, 0.6) is 5.88 Å². The molecule has 1 aliphatic carbocycles. The summed E-state index contributed by atoms with van der Waals surface area (Å²) in [5, 5.41) is 0. The standard InChI is InChI=1S/C18H17F5N2O3S/c19-12-2-7-16(15(20)9-12)29(26,27)25-13-3-5-14(6-4-13)28-17-8-1-11(10-24-17)18(21,22)23/h1-2,7-10,13-14,25H,3-6H2. The zero-order valence-electron chi connectivity index (χ0n) is 14.9. The van der Waals surface area contributed by atoms with Gasteiger partial charge in [-0.15, -0.1) is 0 Å². The third-order valence-electron chi connectivity index (χ3n) is 4.53. The maximum Gasteiger partial charge on any atom is 0.417 e. The van der Waals surface area contributed by atoms with Gasteiger partial charge in [0.05, 0.1) is 5.56 Å². The zero-order valence-corrected chi connectivity index (χ0v) is 15.7. The number of benzene rings is 1. The van der Waals surface area contributed by atoms with E-state index in [4.69, 9.17) is 4.74 Å². The molecule has 5 nitrogen and oxygen atoms in total. The van der Waals surface area contributed by atoms with E-state index in [0.717, 1.165) is 24.3 Å². The Kier molecular flexibility index (Phi) is 6.08. The molecule has 2 aromatic rings. The molecule has 1 aromatic heterocycles. The number of aromatic nitrogens is 1. The van der Waals surface area contributed by atoms with Gasteiger partial charge in [-0.25, -0.2) is 26.9 Å².